The van der Waals surface area contributed by atoms with Crippen LogP contribution in [-0.2, 0) is 19.3 Å². The lowest BCUT2D eigenvalue weighted by atomic mass is 9.90. The highest BCUT2D eigenvalue weighted by Crippen LogP contribution is 2.33. The molecular formula is C16H26O5S. The van der Waals surface area contributed by atoms with Gasteiger partial charge in [0.2, 0.25) is 0 Å². The monoisotopic (exact) mass is 330 g/mol. The fourth-order valence-corrected chi connectivity index (χ4v) is 2.76. The van der Waals surface area contributed by atoms with Crippen molar-refractivity contribution in [2.24, 2.45) is 0 Å². The van der Waals surface area contributed by atoms with E-state index in [0.29, 0.717) is 18.6 Å². The van der Waals surface area contributed by atoms with Crippen molar-refractivity contribution in [3.05, 3.63) is 29.8 Å². The highest BCUT2D eigenvalue weighted by atomic mass is 32.2. The number of hydrogen-bond donors (Lipinski definition) is 1. The van der Waals surface area contributed by atoms with E-state index in [4.69, 9.17) is 9.47 Å². The Morgan fingerprint density at radius 2 is 1.77 bits per heavy atom. The topological polar surface area (TPSA) is 72.8 Å². The molecule has 0 radical (unpaired) electrons. The number of sulfone groups is 1. The first-order chi connectivity index (χ1) is 10.1. The molecule has 0 spiro atoms. The summed E-state index contributed by atoms with van der Waals surface area (Å²) in [6.07, 6.45) is 0.579. The Kier molecular flexibility index (Phi) is 6.55. The van der Waals surface area contributed by atoms with Gasteiger partial charge in [-0.1, -0.05) is 19.1 Å². The minimum absolute atomic E-state index is 0.240. The van der Waals surface area contributed by atoms with Crippen LogP contribution in [0, 0.1) is 0 Å². The molecule has 1 aromatic rings. The van der Waals surface area contributed by atoms with Crippen molar-refractivity contribution in [2.75, 3.05) is 12.9 Å². The van der Waals surface area contributed by atoms with E-state index in [9.17, 15) is 13.5 Å². The van der Waals surface area contributed by atoms with Gasteiger partial charge in [-0.3, -0.25) is 0 Å². The molecule has 0 saturated heterocycles. The van der Waals surface area contributed by atoms with Crippen molar-refractivity contribution in [1.29, 1.82) is 0 Å². The Balaban J connectivity index is 3.11. The molecule has 0 heterocycles. The molecule has 0 aliphatic rings. The minimum atomic E-state index is -3.25. The Morgan fingerprint density at radius 1 is 1.23 bits per heavy atom. The largest absolute Gasteiger partial charge is 0.387 e. The average Bonchev–Trinajstić information content (AvgIpc) is 2.44. The molecule has 0 fully saturated rings. The van der Waals surface area contributed by atoms with Crippen LogP contribution in [0.1, 0.15) is 45.8 Å². The molecule has 0 aromatic heterocycles. The van der Waals surface area contributed by atoms with Gasteiger partial charge in [-0.25, -0.2) is 8.42 Å². The number of benzene rings is 1. The van der Waals surface area contributed by atoms with Gasteiger partial charge < -0.3 is 14.6 Å². The van der Waals surface area contributed by atoms with Crippen LogP contribution in [0.25, 0.3) is 0 Å². The van der Waals surface area contributed by atoms with Crippen molar-refractivity contribution < 1.29 is 23.0 Å². The second kappa shape index (κ2) is 7.55. The third kappa shape index (κ3) is 5.05. The molecule has 1 N–H and O–H groups in total. The van der Waals surface area contributed by atoms with Crippen LogP contribution in [0.4, 0.5) is 0 Å². The van der Waals surface area contributed by atoms with E-state index in [1.165, 1.54) is 12.1 Å². The molecule has 22 heavy (non-hydrogen) atoms. The number of ether oxygens (including phenoxy) is 2. The van der Waals surface area contributed by atoms with Gasteiger partial charge in [0.25, 0.3) is 0 Å². The molecule has 0 aliphatic heterocycles. The van der Waals surface area contributed by atoms with Gasteiger partial charge in [0.1, 0.15) is 6.10 Å². The third-order valence-electron chi connectivity index (χ3n) is 3.62. The lowest BCUT2D eigenvalue weighted by Crippen LogP contribution is -2.36. The van der Waals surface area contributed by atoms with Gasteiger partial charge in [-0.2, -0.15) is 0 Å². The van der Waals surface area contributed by atoms with Crippen LogP contribution in [0.15, 0.2) is 29.2 Å². The summed E-state index contributed by atoms with van der Waals surface area (Å²) in [6, 6.07) is 6.39. The van der Waals surface area contributed by atoms with Crippen LogP contribution in [-0.4, -0.2) is 38.3 Å². The van der Waals surface area contributed by atoms with Gasteiger partial charge in [-0.15, -0.1) is 0 Å². The molecular weight excluding hydrogens is 304 g/mol. The van der Waals surface area contributed by atoms with Crippen LogP contribution < -0.4 is 0 Å². The smallest absolute Gasteiger partial charge is 0.175 e. The van der Waals surface area contributed by atoms with Crippen molar-refractivity contribution in [2.45, 2.75) is 57.0 Å². The summed E-state index contributed by atoms with van der Waals surface area (Å²) in [4.78, 5) is 0.240. The van der Waals surface area contributed by atoms with Crippen LogP contribution in [0.3, 0.4) is 0 Å². The molecule has 3 atom stereocenters. The second-order valence-electron chi connectivity index (χ2n) is 5.59. The predicted octanol–water partition coefficient (Wildman–Crippen LogP) is 2.69. The SMILES string of the molecule is CCOC(C)O[C@@H](c1ccc(S(C)(=O)=O)cc1)C(C)(O)CC. The zero-order chi connectivity index (χ0) is 17.0. The lowest BCUT2D eigenvalue weighted by molar-refractivity contribution is -0.207. The van der Waals surface area contributed by atoms with E-state index in [0.717, 1.165) is 6.26 Å². The zero-order valence-corrected chi connectivity index (χ0v) is 14.7. The fourth-order valence-electron chi connectivity index (χ4n) is 2.13. The maximum atomic E-state index is 11.5. The van der Waals surface area contributed by atoms with Gasteiger partial charge in [0.15, 0.2) is 16.1 Å². The molecule has 1 rings (SSSR count). The molecule has 2 unspecified atom stereocenters. The average molecular weight is 330 g/mol. The standard InChI is InChI=1S/C16H26O5S/c1-6-16(4,17)15(21-12(3)20-7-2)13-8-10-14(11-9-13)22(5,18)19/h8-12,15,17H,6-7H2,1-5H3/t12?,15-,16?/m0/s1. The van der Waals surface area contributed by atoms with Crippen molar-refractivity contribution >= 4 is 9.84 Å². The van der Waals surface area contributed by atoms with E-state index >= 15 is 0 Å². The van der Waals surface area contributed by atoms with Crippen molar-refractivity contribution in [3.63, 3.8) is 0 Å². The number of rotatable bonds is 8. The molecule has 126 valence electrons. The maximum Gasteiger partial charge on any atom is 0.175 e. The summed E-state index contributed by atoms with van der Waals surface area (Å²) in [5.41, 5.74) is -0.372. The first kappa shape index (κ1) is 19.1. The zero-order valence-electron chi connectivity index (χ0n) is 13.9. The Morgan fingerprint density at radius 3 is 2.18 bits per heavy atom. The second-order valence-corrected chi connectivity index (χ2v) is 7.61. The number of hydrogen-bond acceptors (Lipinski definition) is 5. The number of aliphatic hydroxyl groups is 1. The summed E-state index contributed by atoms with van der Waals surface area (Å²) < 4.78 is 34.3. The molecule has 5 nitrogen and oxygen atoms in total. The summed E-state index contributed by atoms with van der Waals surface area (Å²) in [5, 5.41) is 10.6. The molecule has 0 amide bonds. The first-order valence-electron chi connectivity index (χ1n) is 7.41. The molecule has 6 heteroatoms. The van der Waals surface area contributed by atoms with Crippen LogP contribution in [0.2, 0.25) is 0 Å². The van der Waals surface area contributed by atoms with E-state index < -0.39 is 27.8 Å². The van der Waals surface area contributed by atoms with Crippen molar-refractivity contribution in [3.8, 4) is 0 Å². The Hall–Kier alpha value is -0.950. The van der Waals surface area contributed by atoms with E-state index in [1.807, 2.05) is 13.8 Å². The third-order valence-corrected chi connectivity index (χ3v) is 4.75. The van der Waals surface area contributed by atoms with Crippen LogP contribution >= 0.6 is 0 Å². The molecule has 0 aliphatic carbocycles. The predicted molar refractivity (Wildman–Crippen MR) is 85.4 cm³/mol. The first-order valence-corrected chi connectivity index (χ1v) is 9.30. The van der Waals surface area contributed by atoms with E-state index in [1.54, 1.807) is 26.0 Å². The normalized spacial score (nSPS) is 17.7. The Labute approximate surface area is 133 Å². The van der Waals surface area contributed by atoms with Gasteiger partial charge in [-0.05, 0) is 44.9 Å². The van der Waals surface area contributed by atoms with Gasteiger partial charge in [0.05, 0.1) is 10.5 Å². The fraction of sp³-hybridized carbons (Fsp3) is 0.625. The quantitative estimate of drug-likeness (QED) is 0.742. The van der Waals surface area contributed by atoms with Gasteiger partial charge >= 0.3 is 0 Å². The van der Waals surface area contributed by atoms with Crippen LogP contribution in [0.5, 0.6) is 0 Å². The maximum absolute atomic E-state index is 11.5. The molecule has 0 saturated carbocycles. The molecule has 0 bridgehead atoms. The highest BCUT2D eigenvalue weighted by Gasteiger charge is 2.34. The lowest BCUT2D eigenvalue weighted by Gasteiger charge is -2.34. The summed E-state index contributed by atoms with van der Waals surface area (Å²) in [7, 11) is -3.25. The van der Waals surface area contributed by atoms with Gasteiger partial charge in [0, 0.05) is 12.9 Å². The van der Waals surface area contributed by atoms with E-state index in [2.05, 4.69) is 0 Å². The van der Waals surface area contributed by atoms with E-state index in [-0.39, 0.29) is 4.90 Å². The van der Waals surface area contributed by atoms with Crippen molar-refractivity contribution in [1.82, 2.24) is 0 Å². The minimum Gasteiger partial charge on any atom is -0.387 e. The summed E-state index contributed by atoms with van der Waals surface area (Å²) >= 11 is 0. The highest BCUT2D eigenvalue weighted by molar-refractivity contribution is 7.90. The molecule has 1 aromatic carbocycles. The summed E-state index contributed by atoms with van der Waals surface area (Å²) in [5.74, 6) is 0. The summed E-state index contributed by atoms with van der Waals surface area (Å²) in [6.45, 7) is 7.71. The Bertz CT molecular complexity index is 563.